The van der Waals surface area contributed by atoms with Crippen LogP contribution in [0.25, 0.3) is 0 Å². The number of carbonyl (C=O) groups is 1. The first-order valence-electron chi connectivity index (χ1n) is 8.26. The number of nitrogens with one attached hydrogen (secondary N) is 1. The smallest absolute Gasteiger partial charge is 0.257 e. The lowest BCUT2D eigenvalue weighted by molar-refractivity contribution is 0.0948. The summed E-state index contributed by atoms with van der Waals surface area (Å²) in [4.78, 5) is 12.6. The lowest BCUT2D eigenvalue weighted by Gasteiger charge is -2.14. The molecule has 0 bridgehead atoms. The number of aryl methyl sites for hydroxylation is 1. The maximum atomic E-state index is 12.6. The van der Waals surface area contributed by atoms with Crippen molar-refractivity contribution in [1.82, 2.24) is 9.78 Å². The fraction of sp³-hybridized carbons (Fsp3) is 0.444. The molecule has 7 heteroatoms. The van der Waals surface area contributed by atoms with Crippen LogP contribution in [0.15, 0.2) is 24.4 Å². The molecule has 1 atom stereocenters. The summed E-state index contributed by atoms with van der Waals surface area (Å²) >= 11 is 0. The molecular formula is C18H23N3O4. The third-order valence-electron chi connectivity index (χ3n) is 3.83. The van der Waals surface area contributed by atoms with Crippen molar-refractivity contribution < 1.29 is 19.0 Å². The molecule has 3 rings (SSSR count). The van der Waals surface area contributed by atoms with Gasteiger partial charge in [-0.2, -0.15) is 5.10 Å². The molecule has 2 aromatic rings. The number of hydrogen-bond donors (Lipinski definition) is 1. The maximum Gasteiger partial charge on any atom is 0.257 e. The molecule has 25 heavy (non-hydrogen) atoms. The first kappa shape index (κ1) is 17.3. The van der Waals surface area contributed by atoms with Gasteiger partial charge in [0.05, 0.1) is 12.7 Å². The van der Waals surface area contributed by atoms with E-state index in [0.717, 1.165) is 5.56 Å². The predicted molar refractivity (Wildman–Crippen MR) is 93.4 cm³/mol. The molecule has 0 spiro atoms. The lowest BCUT2D eigenvalue weighted by Crippen LogP contribution is -2.19. The molecule has 134 valence electrons. The summed E-state index contributed by atoms with van der Waals surface area (Å²) in [5.74, 6) is 1.59. The Balaban J connectivity index is 1.87. The first-order valence-corrected chi connectivity index (χ1v) is 8.26. The number of fused-ring (bicyclic) bond motifs is 1. The molecule has 0 fully saturated rings. The standard InChI is InChI=1S/C18H23N3O4/c1-11(2)24-15-7-12(18(22)19-17-5-6-21(3)20-17)8-16-14(15)9-13(25-16)10-23-4/h5-8,11,13H,9-10H2,1-4H3,(H,19,20,22). The van der Waals surface area contributed by atoms with Crippen molar-refractivity contribution in [1.29, 1.82) is 0 Å². The molecule has 1 aromatic heterocycles. The zero-order valence-corrected chi connectivity index (χ0v) is 14.9. The molecule has 0 aliphatic carbocycles. The number of hydrogen-bond acceptors (Lipinski definition) is 5. The van der Waals surface area contributed by atoms with E-state index in [2.05, 4.69) is 10.4 Å². The molecule has 1 aliphatic rings. The Bertz CT molecular complexity index is 770. The number of benzene rings is 1. The quantitative estimate of drug-likeness (QED) is 0.870. The topological polar surface area (TPSA) is 74.6 Å². The minimum Gasteiger partial charge on any atom is -0.491 e. The summed E-state index contributed by atoms with van der Waals surface area (Å²) in [6, 6.07) is 5.24. The van der Waals surface area contributed by atoms with E-state index >= 15 is 0 Å². The highest BCUT2D eigenvalue weighted by Gasteiger charge is 2.28. The summed E-state index contributed by atoms with van der Waals surface area (Å²) in [6.07, 6.45) is 2.40. The average Bonchev–Trinajstić information content (AvgIpc) is 3.13. The van der Waals surface area contributed by atoms with Gasteiger partial charge in [0.25, 0.3) is 5.91 Å². The minimum atomic E-state index is -0.256. The van der Waals surface area contributed by atoms with Crippen molar-refractivity contribution >= 4 is 11.7 Å². The van der Waals surface area contributed by atoms with Crippen molar-refractivity contribution in [2.75, 3.05) is 19.0 Å². The Labute approximate surface area is 146 Å². The number of amides is 1. The third kappa shape index (κ3) is 3.93. The summed E-state index contributed by atoms with van der Waals surface area (Å²) in [6.45, 7) is 4.40. The van der Waals surface area contributed by atoms with E-state index in [1.54, 1.807) is 43.2 Å². The molecule has 1 amide bonds. The normalized spacial score (nSPS) is 15.8. The van der Waals surface area contributed by atoms with Crippen LogP contribution in [-0.4, -0.2) is 41.6 Å². The van der Waals surface area contributed by atoms with Gasteiger partial charge in [0, 0.05) is 44.0 Å². The zero-order chi connectivity index (χ0) is 18.0. The highest BCUT2D eigenvalue weighted by molar-refractivity contribution is 6.04. The van der Waals surface area contributed by atoms with Gasteiger partial charge in [0.1, 0.15) is 17.6 Å². The van der Waals surface area contributed by atoms with Gasteiger partial charge in [0.15, 0.2) is 5.82 Å². The van der Waals surface area contributed by atoms with E-state index in [0.29, 0.717) is 35.9 Å². The molecule has 1 aromatic carbocycles. The van der Waals surface area contributed by atoms with Crippen molar-refractivity contribution in [3.63, 3.8) is 0 Å². The van der Waals surface area contributed by atoms with Crippen LogP contribution in [0.2, 0.25) is 0 Å². The number of ether oxygens (including phenoxy) is 3. The lowest BCUT2D eigenvalue weighted by atomic mass is 10.1. The number of nitrogens with zero attached hydrogens (tertiary/aromatic N) is 2. The van der Waals surface area contributed by atoms with Gasteiger partial charge in [0.2, 0.25) is 0 Å². The van der Waals surface area contributed by atoms with E-state index in [-0.39, 0.29) is 18.1 Å². The van der Waals surface area contributed by atoms with Gasteiger partial charge in [-0.1, -0.05) is 0 Å². The van der Waals surface area contributed by atoms with Crippen molar-refractivity contribution in [2.24, 2.45) is 7.05 Å². The van der Waals surface area contributed by atoms with Crippen LogP contribution >= 0.6 is 0 Å². The van der Waals surface area contributed by atoms with E-state index in [4.69, 9.17) is 14.2 Å². The monoisotopic (exact) mass is 345 g/mol. The van der Waals surface area contributed by atoms with Gasteiger partial charge in [-0.25, -0.2) is 0 Å². The SMILES string of the molecule is COCC1Cc2c(OC(C)C)cc(C(=O)Nc3ccn(C)n3)cc2O1. The summed E-state index contributed by atoms with van der Waals surface area (Å²) in [5, 5.41) is 6.94. The van der Waals surface area contributed by atoms with Crippen LogP contribution in [0.5, 0.6) is 11.5 Å². The minimum absolute atomic E-state index is 0.000300. The van der Waals surface area contributed by atoms with E-state index in [1.807, 2.05) is 13.8 Å². The Morgan fingerprint density at radius 2 is 2.28 bits per heavy atom. The van der Waals surface area contributed by atoms with E-state index in [9.17, 15) is 4.79 Å². The number of rotatable bonds is 6. The Kier molecular flexibility index (Phi) is 4.94. The first-order chi connectivity index (χ1) is 12.0. The van der Waals surface area contributed by atoms with Crippen LogP contribution in [0, 0.1) is 0 Å². The van der Waals surface area contributed by atoms with Gasteiger partial charge in [-0.05, 0) is 26.0 Å². The van der Waals surface area contributed by atoms with Gasteiger partial charge in [-0.3, -0.25) is 9.48 Å². The second-order valence-corrected chi connectivity index (χ2v) is 6.35. The van der Waals surface area contributed by atoms with Crippen molar-refractivity contribution in [3.8, 4) is 11.5 Å². The molecular weight excluding hydrogens is 322 g/mol. The second-order valence-electron chi connectivity index (χ2n) is 6.35. The third-order valence-corrected chi connectivity index (χ3v) is 3.83. The van der Waals surface area contributed by atoms with Crippen LogP contribution in [0.4, 0.5) is 5.82 Å². The Hall–Kier alpha value is -2.54. The average molecular weight is 345 g/mol. The molecule has 0 saturated heterocycles. The summed E-state index contributed by atoms with van der Waals surface area (Å²) in [5.41, 5.74) is 1.45. The predicted octanol–water partition coefficient (Wildman–Crippen LogP) is 2.41. The number of methoxy groups -OCH3 is 1. The fourth-order valence-electron chi connectivity index (χ4n) is 2.81. The molecule has 2 heterocycles. The molecule has 1 N–H and O–H groups in total. The maximum absolute atomic E-state index is 12.6. The van der Waals surface area contributed by atoms with Crippen LogP contribution in [0.1, 0.15) is 29.8 Å². The van der Waals surface area contributed by atoms with Gasteiger partial charge in [-0.15, -0.1) is 0 Å². The molecule has 0 radical (unpaired) electrons. The molecule has 0 saturated carbocycles. The highest BCUT2D eigenvalue weighted by Crippen LogP contribution is 2.38. The van der Waals surface area contributed by atoms with Crippen LogP contribution in [0.3, 0.4) is 0 Å². The van der Waals surface area contributed by atoms with Crippen molar-refractivity contribution in [3.05, 3.63) is 35.5 Å². The van der Waals surface area contributed by atoms with E-state index in [1.165, 1.54) is 0 Å². The molecule has 7 nitrogen and oxygen atoms in total. The summed E-state index contributed by atoms with van der Waals surface area (Å²) in [7, 11) is 3.44. The highest BCUT2D eigenvalue weighted by atomic mass is 16.5. The summed E-state index contributed by atoms with van der Waals surface area (Å²) < 4.78 is 18.6. The Morgan fingerprint density at radius 3 is 2.92 bits per heavy atom. The van der Waals surface area contributed by atoms with Crippen LogP contribution in [-0.2, 0) is 18.2 Å². The second kappa shape index (κ2) is 7.14. The Morgan fingerprint density at radius 1 is 1.48 bits per heavy atom. The van der Waals surface area contributed by atoms with Crippen LogP contribution < -0.4 is 14.8 Å². The van der Waals surface area contributed by atoms with E-state index < -0.39 is 0 Å². The number of aromatic nitrogens is 2. The molecule has 1 unspecified atom stereocenters. The molecule has 1 aliphatic heterocycles. The van der Waals surface area contributed by atoms with Gasteiger partial charge >= 0.3 is 0 Å². The fourth-order valence-corrected chi connectivity index (χ4v) is 2.81. The number of anilines is 1. The van der Waals surface area contributed by atoms with Gasteiger partial charge < -0.3 is 19.5 Å². The van der Waals surface area contributed by atoms with Crippen molar-refractivity contribution in [2.45, 2.75) is 32.5 Å². The number of carbonyl (C=O) groups excluding carboxylic acids is 1. The largest absolute Gasteiger partial charge is 0.491 e. The zero-order valence-electron chi connectivity index (χ0n) is 14.9.